The number of amides is 3. The van der Waals surface area contributed by atoms with Gasteiger partial charge in [0, 0.05) is 12.5 Å². The van der Waals surface area contributed by atoms with Crippen LogP contribution in [0.4, 0.5) is 4.79 Å². The Balaban J connectivity index is 2.65. The average molecular weight is 636 g/mol. The molecule has 0 bridgehead atoms. The summed E-state index contributed by atoms with van der Waals surface area (Å²) in [7, 11) is 0. The fraction of sp³-hybridized carbons (Fsp3) is 0.514. The first-order valence-corrected chi connectivity index (χ1v) is 16.0. The van der Waals surface area contributed by atoms with E-state index in [1.54, 1.807) is 65.8 Å². The van der Waals surface area contributed by atoms with E-state index >= 15 is 0 Å². The standard InChI is InChI=1S/C37H53N3O6/c1-12-25(5)30(39-35(44)46-37(9,10)11)33(42)40(24(3)4)31(28-21-17-20-26(13-2)22-28)32(41)38-29(34(43)45-36(6,7)8)23-27-18-15-14-16-19-27/h13-22,24-25,29-31H,2,12,23H2,1,3-11H3,(H,38,41)(H,39,44). The summed E-state index contributed by atoms with van der Waals surface area (Å²) in [6, 6.07) is 12.9. The summed E-state index contributed by atoms with van der Waals surface area (Å²) in [5.74, 6) is -1.88. The molecular weight excluding hydrogens is 582 g/mol. The quantitative estimate of drug-likeness (QED) is 0.239. The van der Waals surface area contributed by atoms with Crippen molar-refractivity contribution < 1.29 is 28.7 Å². The van der Waals surface area contributed by atoms with Crippen LogP contribution >= 0.6 is 0 Å². The Morgan fingerprint density at radius 1 is 0.870 bits per heavy atom. The number of hydrogen-bond acceptors (Lipinski definition) is 6. The molecule has 0 aliphatic carbocycles. The largest absolute Gasteiger partial charge is 0.458 e. The fourth-order valence-corrected chi connectivity index (χ4v) is 4.92. The van der Waals surface area contributed by atoms with E-state index in [1.807, 2.05) is 64.1 Å². The molecule has 0 aromatic heterocycles. The van der Waals surface area contributed by atoms with Gasteiger partial charge in [-0.2, -0.15) is 0 Å². The zero-order valence-corrected chi connectivity index (χ0v) is 29.2. The van der Waals surface area contributed by atoms with Crippen molar-refractivity contribution in [3.8, 4) is 0 Å². The highest BCUT2D eigenvalue weighted by molar-refractivity contribution is 5.94. The van der Waals surface area contributed by atoms with E-state index in [2.05, 4.69) is 17.2 Å². The number of alkyl carbamates (subject to hydrolysis) is 1. The smallest absolute Gasteiger partial charge is 0.408 e. The maximum absolute atomic E-state index is 14.5. The Morgan fingerprint density at radius 3 is 2.00 bits per heavy atom. The van der Waals surface area contributed by atoms with Crippen molar-refractivity contribution in [1.29, 1.82) is 0 Å². The molecule has 0 aliphatic heterocycles. The summed E-state index contributed by atoms with van der Waals surface area (Å²) in [4.78, 5) is 56.9. The van der Waals surface area contributed by atoms with Gasteiger partial charge in [0.2, 0.25) is 11.8 Å². The summed E-state index contributed by atoms with van der Waals surface area (Å²) in [6.45, 7) is 21.8. The van der Waals surface area contributed by atoms with E-state index in [0.29, 0.717) is 12.0 Å². The molecule has 4 atom stereocenters. The summed E-state index contributed by atoms with van der Waals surface area (Å²) in [6.07, 6.45) is 1.70. The van der Waals surface area contributed by atoms with Crippen molar-refractivity contribution in [2.75, 3.05) is 0 Å². The van der Waals surface area contributed by atoms with Gasteiger partial charge in [0.15, 0.2) is 0 Å². The predicted octanol–water partition coefficient (Wildman–Crippen LogP) is 6.62. The van der Waals surface area contributed by atoms with Crippen LogP contribution in [0.5, 0.6) is 0 Å². The molecule has 0 spiro atoms. The Morgan fingerprint density at radius 2 is 1.48 bits per heavy atom. The van der Waals surface area contributed by atoms with E-state index in [4.69, 9.17) is 9.47 Å². The van der Waals surface area contributed by atoms with Crippen molar-refractivity contribution in [3.05, 3.63) is 77.9 Å². The summed E-state index contributed by atoms with van der Waals surface area (Å²) >= 11 is 0. The highest BCUT2D eigenvalue weighted by Gasteiger charge is 2.41. The highest BCUT2D eigenvalue weighted by Crippen LogP contribution is 2.28. The normalized spacial score (nSPS) is 14.3. The van der Waals surface area contributed by atoms with Crippen LogP contribution in [0.1, 0.15) is 98.4 Å². The number of nitrogens with one attached hydrogen (secondary N) is 2. The second-order valence-corrected chi connectivity index (χ2v) is 13.9. The minimum absolute atomic E-state index is 0.187. The van der Waals surface area contributed by atoms with Crippen molar-refractivity contribution in [1.82, 2.24) is 15.5 Å². The molecule has 2 aromatic rings. The van der Waals surface area contributed by atoms with Crippen LogP contribution in [-0.2, 0) is 30.3 Å². The molecule has 3 amide bonds. The van der Waals surface area contributed by atoms with Crippen molar-refractivity contribution in [2.24, 2.45) is 5.92 Å². The van der Waals surface area contributed by atoms with Crippen molar-refractivity contribution in [2.45, 2.75) is 117 Å². The predicted molar refractivity (Wildman–Crippen MR) is 182 cm³/mol. The van der Waals surface area contributed by atoms with Gasteiger partial charge in [-0.25, -0.2) is 9.59 Å². The minimum Gasteiger partial charge on any atom is -0.458 e. The van der Waals surface area contributed by atoms with E-state index in [-0.39, 0.29) is 12.3 Å². The van der Waals surface area contributed by atoms with E-state index in [0.717, 1.165) is 11.1 Å². The molecule has 0 radical (unpaired) electrons. The maximum Gasteiger partial charge on any atom is 0.408 e. The number of benzene rings is 2. The molecule has 2 aromatic carbocycles. The third-order valence-corrected chi connectivity index (χ3v) is 7.24. The number of ether oxygens (including phenoxy) is 2. The van der Waals surface area contributed by atoms with Crippen molar-refractivity contribution in [3.63, 3.8) is 0 Å². The molecule has 4 unspecified atom stereocenters. The third-order valence-electron chi connectivity index (χ3n) is 7.24. The molecule has 2 rings (SSSR count). The van der Waals surface area contributed by atoms with Crippen LogP contribution in [0.3, 0.4) is 0 Å². The number of esters is 1. The molecule has 252 valence electrons. The molecule has 0 saturated heterocycles. The number of carbonyl (C=O) groups is 4. The average Bonchev–Trinajstić information content (AvgIpc) is 2.96. The van der Waals surface area contributed by atoms with Gasteiger partial charge in [0.05, 0.1) is 0 Å². The maximum atomic E-state index is 14.5. The first kappa shape index (κ1) is 38.0. The summed E-state index contributed by atoms with van der Waals surface area (Å²) in [5, 5.41) is 5.69. The zero-order valence-electron chi connectivity index (χ0n) is 29.2. The van der Waals surface area contributed by atoms with Gasteiger partial charge in [0.1, 0.15) is 29.3 Å². The lowest BCUT2D eigenvalue weighted by Gasteiger charge is -2.39. The van der Waals surface area contributed by atoms with Crippen LogP contribution in [0.2, 0.25) is 0 Å². The first-order valence-electron chi connectivity index (χ1n) is 16.0. The molecule has 0 fully saturated rings. The van der Waals surface area contributed by atoms with Gasteiger partial charge in [-0.15, -0.1) is 0 Å². The van der Waals surface area contributed by atoms with Gasteiger partial charge >= 0.3 is 12.1 Å². The summed E-state index contributed by atoms with van der Waals surface area (Å²) < 4.78 is 11.2. The second-order valence-electron chi connectivity index (χ2n) is 13.9. The SMILES string of the molecule is C=Cc1cccc(C(C(=O)NC(Cc2ccccc2)C(=O)OC(C)(C)C)N(C(=O)C(NC(=O)OC(C)(C)C)C(C)CC)C(C)C)c1. The van der Waals surface area contributed by atoms with Crippen LogP contribution in [0.25, 0.3) is 6.08 Å². The molecular formula is C37H53N3O6. The lowest BCUT2D eigenvalue weighted by Crippen LogP contribution is -2.58. The van der Waals surface area contributed by atoms with Crippen LogP contribution in [0, 0.1) is 5.92 Å². The number of carbonyl (C=O) groups excluding carboxylic acids is 4. The molecule has 2 N–H and O–H groups in total. The van der Waals surface area contributed by atoms with Crippen molar-refractivity contribution >= 4 is 30.0 Å². The molecule has 46 heavy (non-hydrogen) atoms. The monoisotopic (exact) mass is 635 g/mol. The number of nitrogens with zero attached hydrogens (tertiary/aromatic N) is 1. The van der Waals surface area contributed by atoms with Crippen LogP contribution in [0.15, 0.2) is 61.2 Å². The Hall–Kier alpha value is -4.14. The molecule has 0 aliphatic rings. The summed E-state index contributed by atoms with van der Waals surface area (Å²) in [5.41, 5.74) is 0.558. The van der Waals surface area contributed by atoms with Gasteiger partial charge in [-0.05, 0) is 84.1 Å². The van der Waals surface area contributed by atoms with Gasteiger partial charge in [0.25, 0.3) is 0 Å². The Labute approximate surface area is 275 Å². The molecule has 0 saturated carbocycles. The number of rotatable bonds is 13. The molecule has 9 heteroatoms. The minimum atomic E-state index is -1.15. The number of hydrogen-bond donors (Lipinski definition) is 2. The highest BCUT2D eigenvalue weighted by atomic mass is 16.6. The second kappa shape index (κ2) is 16.4. The Bertz CT molecular complexity index is 1340. The molecule has 0 heterocycles. The third kappa shape index (κ3) is 11.7. The van der Waals surface area contributed by atoms with E-state index in [1.165, 1.54) is 4.90 Å². The fourth-order valence-electron chi connectivity index (χ4n) is 4.92. The first-order chi connectivity index (χ1) is 21.4. The van der Waals surface area contributed by atoms with E-state index in [9.17, 15) is 19.2 Å². The Kier molecular flexibility index (Phi) is 13.6. The van der Waals surface area contributed by atoms with Gasteiger partial charge in [-0.3, -0.25) is 9.59 Å². The molecule has 9 nitrogen and oxygen atoms in total. The lowest BCUT2D eigenvalue weighted by atomic mass is 9.94. The lowest BCUT2D eigenvalue weighted by molar-refractivity contribution is -0.159. The van der Waals surface area contributed by atoms with Crippen LogP contribution in [-0.4, -0.2) is 58.1 Å². The van der Waals surface area contributed by atoms with Gasteiger partial charge in [-0.1, -0.05) is 81.5 Å². The zero-order chi connectivity index (χ0) is 34.8. The van der Waals surface area contributed by atoms with Gasteiger partial charge < -0.3 is 25.0 Å². The van der Waals surface area contributed by atoms with Crippen LogP contribution < -0.4 is 10.6 Å². The van der Waals surface area contributed by atoms with E-state index < -0.39 is 59.2 Å². The topological polar surface area (TPSA) is 114 Å².